The van der Waals surface area contributed by atoms with Crippen molar-refractivity contribution in [3.63, 3.8) is 0 Å². The Bertz CT molecular complexity index is 159. The molecule has 1 atom stereocenters. The predicted octanol–water partition coefficient (Wildman–Crippen LogP) is 4.75. The molecule has 116 valence electrons. The number of hydrogen-bond donors (Lipinski definition) is 2. The second-order valence-electron chi connectivity index (χ2n) is 6.03. The predicted molar refractivity (Wildman–Crippen MR) is 87.3 cm³/mol. The summed E-state index contributed by atoms with van der Waals surface area (Å²) in [6, 6.07) is 0.229. The molecule has 0 saturated heterocycles. The Hall–Kier alpha value is -0.0800. The molecule has 0 spiro atoms. The monoisotopic (exact) mass is 270 g/mol. The second-order valence-corrected chi connectivity index (χ2v) is 6.03. The highest BCUT2D eigenvalue weighted by atomic mass is 14.7. The first kappa shape index (κ1) is 18.9. The Kier molecular flexibility index (Phi) is 15.9. The summed E-state index contributed by atoms with van der Waals surface area (Å²) in [7, 11) is 0. The second kappa shape index (κ2) is 16.0. The Morgan fingerprint density at radius 3 is 1.37 bits per heavy atom. The van der Waals surface area contributed by atoms with Crippen LogP contribution in [0.5, 0.6) is 0 Å². The zero-order valence-electron chi connectivity index (χ0n) is 13.3. The van der Waals surface area contributed by atoms with Gasteiger partial charge >= 0.3 is 0 Å². The van der Waals surface area contributed by atoms with Gasteiger partial charge in [-0.25, -0.2) is 0 Å². The third-order valence-corrected chi connectivity index (χ3v) is 3.98. The van der Waals surface area contributed by atoms with E-state index in [1.165, 1.54) is 83.5 Å². The minimum Gasteiger partial charge on any atom is -0.329 e. The van der Waals surface area contributed by atoms with Gasteiger partial charge in [0.15, 0.2) is 0 Å². The van der Waals surface area contributed by atoms with Gasteiger partial charge in [-0.1, -0.05) is 90.4 Å². The summed E-state index contributed by atoms with van der Waals surface area (Å²) in [5.74, 6) is 0. The zero-order chi connectivity index (χ0) is 14.2. The normalized spacial score (nSPS) is 12.8. The molecule has 4 N–H and O–H groups in total. The summed E-state index contributed by atoms with van der Waals surface area (Å²) in [4.78, 5) is 0. The minimum atomic E-state index is 0.229. The first-order chi connectivity index (χ1) is 9.31. The van der Waals surface area contributed by atoms with Crippen molar-refractivity contribution < 1.29 is 0 Å². The van der Waals surface area contributed by atoms with Gasteiger partial charge in [0, 0.05) is 12.6 Å². The summed E-state index contributed by atoms with van der Waals surface area (Å²) in [6.07, 6.45) is 19.4. The SMILES string of the molecule is CCCCCCCCCCCCCCC[C@@H](N)CN. The summed E-state index contributed by atoms with van der Waals surface area (Å²) >= 11 is 0. The Labute approximate surface area is 121 Å². The molecule has 0 aromatic carbocycles. The van der Waals surface area contributed by atoms with Crippen molar-refractivity contribution in [1.82, 2.24) is 0 Å². The first-order valence-corrected chi connectivity index (χ1v) is 8.77. The molecule has 0 heterocycles. The van der Waals surface area contributed by atoms with Crippen LogP contribution in [0.1, 0.15) is 96.8 Å². The van der Waals surface area contributed by atoms with Crippen LogP contribution in [0.4, 0.5) is 0 Å². The van der Waals surface area contributed by atoms with Crippen LogP contribution in [0, 0.1) is 0 Å². The Morgan fingerprint density at radius 1 is 0.632 bits per heavy atom. The van der Waals surface area contributed by atoms with Crippen LogP contribution >= 0.6 is 0 Å². The molecule has 0 bridgehead atoms. The molecule has 2 heteroatoms. The highest BCUT2D eigenvalue weighted by molar-refractivity contribution is 4.61. The fraction of sp³-hybridized carbons (Fsp3) is 1.00. The maximum atomic E-state index is 5.79. The summed E-state index contributed by atoms with van der Waals surface area (Å²) < 4.78 is 0. The first-order valence-electron chi connectivity index (χ1n) is 8.77. The molecule has 2 nitrogen and oxygen atoms in total. The lowest BCUT2D eigenvalue weighted by Crippen LogP contribution is -2.29. The van der Waals surface area contributed by atoms with Crippen molar-refractivity contribution in [3.05, 3.63) is 0 Å². The molecule has 19 heavy (non-hydrogen) atoms. The molecule has 0 unspecified atom stereocenters. The van der Waals surface area contributed by atoms with Gasteiger partial charge in [0.05, 0.1) is 0 Å². The van der Waals surface area contributed by atoms with Crippen LogP contribution in [-0.2, 0) is 0 Å². The third kappa shape index (κ3) is 15.9. The van der Waals surface area contributed by atoms with Gasteiger partial charge < -0.3 is 11.5 Å². The maximum Gasteiger partial charge on any atom is 0.0163 e. The van der Waals surface area contributed by atoms with Crippen LogP contribution in [0.3, 0.4) is 0 Å². The maximum absolute atomic E-state index is 5.79. The number of rotatable bonds is 15. The van der Waals surface area contributed by atoms with Crippen molar-refractivity contribution in [2.24, 2.45) is 11.5 Å². The topological polar surface area (TPSA) is 52.0 Å². The number of unbranched alkanes of at least 4 members (excludes halogenated alkanes) is 12. The van der Waals surface area contributed by atoms with Crippen LogP contribution in [0.2, 0.25) is 0 Å². The van der Waals surface area contributed by atoms with Gasteiger partial charge in [0.2, 0.25) is 0 Å². The summed E-state index contributed by atoms with van der Waals surface area (Å²) in [5, 5.41) is 0. The summed E-state index contributed by atoms with van der Waals surface area (Å²) in [5.41, 5.74) is 11.3. The standard InChI is InChI=1S/C17H38N2/c1-2-3-4-5-6-7-8-9-10-11-12-13-14-15-17(19)16-18/h17H,2-16,18-19H2,1H3/t17-/m1/s1. The molecule has 0 aliphatic rings. The van der Waals surface area contributed by atoms with Crippen LogP contribution < -0.4 is 11.5 Å². The lowest BCUT2D eigenvalue weighted by atomic mass is 10.0. The number of hydrogen-bond acceptors (Lipinski definition) is 2. The van der Waals surface area contributed by atoms with E-state index in [0.717, 1.165) is 6.42 Å². The van der Waals surface area contributed by atoms with Crippen molar-refractivity contribution in [2.45, 2.75) is 103 Å². The van der Waals surface area contributed by atoms with Crippen molar-refractivity contribution >= 4 is 0 Å². The molecule has 0 amide bonds. The van der Waals surface area contributed by atoms with Crippen LogP contribution in [-0.4, -0.2) is 12.6 Å². The van der Waals surface area contributed by atoms with Crippen LogP contribution in [0.15, 0.2) is 0 Å². The molecule has 0 fully saturated rings. The van der Waals surface area contributed by atoms with E-state index >= 15 is 0 Å². The van der Waals surface area contributed by atoms with E-state index in [4.69, 9.17) is 11.5 Å². The van der Waals surface area contributed by atoms with Gasteiger partial charge in [-0.2, -0.15) is 0 Å². The van der Waals surface area contributed by atoms with E-state index in [1.807, 2.05) is 0 Å². The molecule has 0 aliphatic heterocycles. The smallest absolute Gasteiger partial charge is 0.0163 e. The quantitative estimate of drug-likeness (QED) is 0.422. The van der Waals surface area contributed by atoms with Gasteiger partial charge in [-0.3, -0.25) is 0 Å². The molecule has 0 rings (SSSR count). The average molecular weight is 271 g/mol. The minimum absolute atomic E-state index is 0.229. The van der Waals surface area contributed by atoms with Crippen molar-refractivity contribution in [1.29, 1.82) is 0 Å². The highest BCUT2D eigenvalue weighted by Gasteiger charge is 1.98. The molecule has 0 aromatic rings. The number of nitrogens with two attached hydrogens (primary N) is 2. The van der Waals surface area contributed by atoms with Gasteiger partial charge in [0.25, 0.3) is 0 Å². The van der Waals surface area contributed by atoms with E-state index in [2.05, 4.69) is 6.92 Å². The van der Waals surface area contributed by atoms with Gasteiger partial charge in [-0.05, 0) is 6.42 Å². The van der Waals surface area contributed by atoms with E-state index in [9.17, 15) is 0 Å². The molecule has 0 saturated carbocycles. The van der Waals surface area contributed by atoms with E-state index in [0.29, 0.717) is 6.54 Å². The molecule has 0 aromatic heterocycles. The highest BCUT2D eigenvalue weighted by Crippen LogP contribution is 2.13. The fourth-order valence-corrected chi connectivity index (χ4v) is 2.54. The molecular formula is C17H38N2. The fourth-order valence-electron chi connectivity index (χ4n) is 2.54. The molecule has 0 aliphatic carbocycles. The molecule has 0 radical (unpaired) electrons. The third-order valence-electron chi connectivity index (χ3n) is 3.98. The van der Waals surface area contributed by atoms with E-state index < -0.39 is 0 Å². The van der Waals surface area contributed by atoms with E-state index in [-0.39, 0.29) is 6.04 Å². The van der Waals surface area contributed by atoms with Crippen molar-refractivity contribution in [2.75, 3.05) is 6.54 Å². The Balaban J connectivity index is 2.95. The largest absolute Gasteiger partial charge is 0.329 e. The van der Waals surface area contributed by atoms with Crippen molar-refractivity contribution in [3.8, 4) is 0 Å². The Morgan fingerprint density at radius 2 is 1.00 bits per heavy atom. The van der Waals surface area contributed by atoms with Crippen LogP contribution in [0.25, 0.3) is 0 Å². The lowest BCUT2D eigenvalue weighted by Gasteiger charge is -2.07. The van der Waals surface area contributed by atoms with Gasteiger partial charge in [-0.15, -0.1) is 0 Å². The van der Waals surface area contributed by atoms with E-state index in [1.54, 1.807) is 0 Å². The van der Waals surface area contributed by atoms with Gasteiger partial charge in [0.1, 0.15) is 0 Å². The zero-order valence-corrected chi connectivity index (χ0v) is 13.3. The molecular weight excluding hydrogens is 232 g/mol. The summed E-state index contributed by atoms with van der Waals surface area (Å²) in [6.45, 7) is 2.92. The lowest BCUT2D eigenvalue weighted by molar-refractivity contribution is 0.519. The average Bonchev–Trinajstić information content (AvgIpc) is 2.43.